The zero-order chi connectivity index (χ0) is 18.8. The van der Waals surface area contributed by atoms with E-state index in [1.165, 1.54) is 11.7 Å². The van der Waals surface area contributed by atoms with Gasteiger partial charge in [-0.3, -0.25) is 9.36 Å². The fraction of sp³-hybridized carbons (Fsp3) is 0.263. The van der Waals surface area contributed by atoms with Crippen molar-refractivity contribution in [3.8, 4) is 28.7 Å². The monoisotopic (exact) mass is 356 g/mol. The lowest BCUT2D eigenvalue weighted by molar-refractivity contribution is 0.355. The summed E-state index contributed by atoms with van der Waals surface area (Å²) in [7, 11) is 6.18. The summed E-state index contributed by atoms with van der Waals surface area (Å²) in [6.07, 6.45) is 0. The van der Waals surface area contributed by atoms with Crippen molar-refractivity contribution in [1.29, 1.82) is 0 Å². The highest BCUT2D eigenvalue weighted by atomic mass is 16.5. The molecule has 0 spiro atoms. The van der Waals surface area contributed by atoms with Crippen molar-refractivity contribution in [2.24, 2.45) is 0 Å². The molecule has 0 amide bonds. The number of aryl methyl sites for hydroxylation is 1. The maximum absolute atomic E-state index is 13.2. The quantitative estimate of drug-likeness (QED) is 0.700. The third kappa shape index (κ3) is 2.81. The van der Waals surface area contributed by atoms with Gasteiger partial charge >= 0.3 is 0 Å². The summed E-state index contributed by atoms with van der Waals surface area (Å²) in [5.41, 5.74) is 0.849. The Labute approximate surface area is 150 Å². The van der Waals surface area contributed by atoms with Gasteiger partial charge < -0.3 is 18.9 Å². The Morgan fingerprint density at radius 1 is 0.846 bits per heavy atom. The van der Waals surface area contributed by atoms with E-state index in [9.17, 15) is 4.79 Å². The van der Waals surface area contributed by atoms with Gasteiger partial charge in [0.2, 0.25) is 0 Å². The molecule has 26 heavy (non-hydrogen) atoms. The lowest BCUT2D eigenvalue weighted by Gasteiger charge is -2.16. The zero-order valence-corrected chi connectivity index (χ0v) is 15.3. The first-order chi connectivity index (χ1) is 12.5. The van der Waals surface area contributed by atoms with Crippen molar-refractivity contribution in [2.45, 2.75) is 6.92 Å². The van der Waals surface area contributed by atoms with Crippen molar-refractivity contribution in [2.75, 3.05) is 28.4 Å². The molecule has 7 heteroatoms. The summed E-state index contributed by atoms with van der Waals surface area (Å²) in [5.74, 6) is 2.65. The van der Waals surface area contributed by atoms with Crippen LogP contribution >= 0.6 is 0 Å². The van der Waals surface area contributed by atoms with Gasteiger partial charge in [-0.2, -0.15) is 0 Å². The van der Waals surface area contributed by atoms with E-state index in [4.69, 9.17) is 18.9 Å². The van der Waals surface area contributed by atoms with Crippen LogP contribution in [-0.2, 0) is 0 Å². The van der Waals surface area contributed by atoms with Gasteiger partial charge in [0.05, 0.1) is 45.0 Å². The van der Waals surface area contributed by atoms with Gasteiger partial charge in [-0.15, -0.1) is 0 Å². The highest BCUT2D eigenvalue weighted by molar-refractivity contribution is 5.82. The first-order valence-electron chi connectivity index (χ1n) is 7.91. The number of nitrogens with zero attached hydrogens (tertiary/aromatic N) is 2. The highest BCUT2D eigenvalue weighted by Gasteiger charge is 2.17. The van der Waals surface area contributed by atoms with E-state index in [0.717, 1.165) is 0 Å². The molecule has 136 valence electrons. The largest absolute Gasteiger partial charge is 0.497 e. The van der Waals surface area contributed by atoms with E-state index in [0.29, 0.717) is 45.4 Å². The normalized spacial score (nSPS) is 10.7. The second-order valence-corrected chi connectivity index (χ2v) is 5.56. The Morgan fingerprint density at radius 2 is 1.50 bits per heavy atom. The van der Waals surface area contributed by atoms with E-state index in [2.05, 4.69) is 4.98 Å². The summed E-state index contributed by atoms with van der Waals surface area (Å²) in [4.78, 5) is 17.8. The van der Waals surface area contributed by atoms with Crippen LogP contribution in [0.15, 0.2) is 35.1 Å². The molecule has 3 rings (SSSR count). The summed E-state index contributed by atoms with van der Waals surface area (Å²) in [5, 5.41) is 0.415. The molecule has 1 aromatic heterocycles. The number of ether oxygens (including phenoxy) is 4. The molecule has 0 saturated carbocycles. The first-order valence-corrected chi connectivity index (χ1v) is 7.91. The SMILES string of the molecule is COc1ccc(OC)c(-n2c(C)nc3cc(OC)c(OC)cc3c2=O)c1. The van der Waals surface area contributed by atoms with Crippen molar-refractivity contribution in [3.05, 3.63) is 46.5 Å². The van der Waals surface area contributed by atoms with Gasteiger partial charge in [0.25, 0.3) is 5.56 Å². The molecule has 0 N–H and O–H groups in total. The lowest BCUT2D eigenvalue weighted by atomic mass is 10.2. The van der Waals surface area contributed by atoms with E-state index in [1.54, 1.807) is 58.6 Å². The molecule has 0 bridgehead atoms. The van der Waals surface area contributed by atoms with E-state index in [1.807, 2.05) is 0 Å². The molecule has 0 aliphatic carbocycles. The van der Waals surface area contributed by atoms with Crippen LogP contribution in [-0.4, -0.2) is 38.0 Å². The minimum absolute atomic E-state index is 0.236. The topological polar surface area (TPSA) is 71.8 Å². The van der Waals surface area contributed by atoms with Crippen LogP contribution in [0.2, 0.25) is 0 Å². The average Bonchev–Trinajstić information content (AvgIpc) is 2.66. The number of hydrogen-bond donors (Lipinski definition) is 0. The molecule has 0 atom stereocenters. The van der Waals surface area contributed by atoms with Gasteiger partial charge in [0, 0.05) is 12.1 Å². The number of methoxy groups -OCH3 is 4. The summed E-state index contributed by atoms with van der Waals surface area (Å²) < 4.78 is 22.8. The second kappa shape index (κ2) is 6.95. The fourth-order valence-corrected chi connectivity index (χ4v) is 2.88. The third-order valence-electron chi connectivity index (χ3n) is 4.17. The van der Waals surface area contributed by atoms with Gasteiger partial charge in [-0.1, -0.05) is 0 Å². The van der Waals surface area contributed by atoms with Gasteiger partial charge in [0.1, 0.15) is 17.3 Å². The summed E-state index contributed by atoms with van der Waals surface area (Å²) in [6, 6.07) is 8.58. The van der Waals surface area contributed by atoms with Crippen molar-refractivity contribution in [3.63, 3.8) is 0 Å². The van der Waals surface area contributed by atoms with Crippen LogP contribution in [0.25, 0.3) is 16.6 Å². The number of aromatic nitrogens is 2. The summed E-state index contributed by atoms with van der Waals surface area (Å²) in [6.45, 7) is 1.76. The molecule has 7 nitrogen and oxygen atoms in total. The Morgan fingerprint density at radius 3 is 2.12 bits per heavy atom. The molecule has 0 radical (unpaired) electrons. The highest BCUT2D eigenvalue weighted by Crippen LogP contribution is 2.32. The predicted octanol–water partition coefficient (Wildman–Crippen LogP) is 2.73. The first kappa shape index (κ1) is 17.6. The summed E-state index contributed by atoms with van der Waals surface area (Å²) >= 11 is 0. The molecule has 0 fully saturated rings. The maximum Gasteiger partial charge on any atom is 0.266 e. The van der Waals surface area contributed by atoms with Crippen LogP contribution in [0, 0.1) is 6.92 Å². The third-order valence-corrected chi connectivity index (χ3v) is 4.17. The number of hydrogen-bond acceptors (Lipinski definition) is 6. The molecule has 0 aliphatic heterocycles. The van der Waals surface area contributed by atoms with Crippen LogP contribution in [0.3, 0.4) is 0 Å². The smallest absolute Gasteiger partial charge is 0.266 e. The average molecular weight is 356 g/mol. The van der Waals surface area contributed by atoms with Crippen LogP contribution in [0.4, 0.5) is 0 Å². The molecule has 1 heterocycles. The van der Waals surface area contributed by atoms with Gasteiger partial charge in [-0.25, -0.2) is 4.98 Å². The van der Waals surface area contributed by atoms with Crippen molar-refractivity contribution < 1.29 is 18.9 Å². The number of rotatable bonds is 5. The van der Waals surface area contributed by atoms with Crippen LogP contribution in [0.5, 0.6) is 23.0 Å². The second-order valence-electron chi connectivity index (χ2n) is 5.56. The minimum atomic E-state index is -0.236. The molecule has 3 aromatic rings. The maximum atomic E-state index is 13.2. The molecule has 0 unspecified atom stereocenters. The lowest BCUT2D eigenvalue weighted by Crippen LogP contribution is -2.23. The standard InChI is InChI=1S/C19H20N2O5/c1-11-20-14-10-18(26-5)17(25-4)9-13(14)19(22)21(11)15-8-12(23-2)6-7-16(15)24-3/h6-10H,1-5H3. The molecular formula is C19H20N2O5. The number of fused-ring (bicyclic) bond motifs is 1. The molecule has 0 saturated heterocycles. The molecule has 0 aliphatic rings. The van der Waals surface area contributed by atoms with Gasteiger partial charge in [-0.05, 0) is 25.1 Å². The Hall–Kier alpha value is -3.22. The molecule has 2 aromatic carbocycles. The van der Waals surface area contributed by atoms with Gasteiger partial charge in [0.15, 0.2) is 11.5 Å². The van der Waals surface area contributed by atoms with Crippen molar-refractivity contribution >= 4 is 10.9 Å². The van der Waals surface area contributed by atoms with E-state index in [-0.39, 0.29) is 5.56 Å². The Balaban J connectivity index is 2.36. The minimum Gasteiger partial charge on any atom is -0.497 e. The van der Waals surface area contributed by atoms with E-state index >= 15 is 0 Å². The Bertz CT molecular complexity index is 1030. The zero-order valence-electron chi connectivity index (χ0n) is 15.3. The Kier molecular flexibility index (Phi) is 4.71. The fourth-order valence-electron chi connectivity index (χ4n) is 2.88. The predicted molar refractivity (Wildman–Crippen MR) is 98.3 cm³/mol. The molecular weight excluding hydrogens is 336 g/mol. The van der Waals surface area contributed by atoms with Crippen LogP contribution in [0.1, 0.15) is 5.82 Å². The number of benzene rings is 2. The van der Waals surface area contributed by atoms with Crippen LogP contribution < -0.4 is 24.5 Å². The van der Waals surface area contributed by atoms with Crippen molar-refractivity contribution in [1.82, 2.24) is 9.55 Å². The van der Waals surface area contributed by atoms with E-state index < -0.39 is 0 Å².